The lowest BCUT2D eigenvalue weighted by Crippen LogP contribution is -1.99. The Hall–Kier alpha value is 0.310. The third-order valence-electron chi connectivity index (χ3n) is 1.59. The number of hydrogen-bond donors (Lipinski definition) is 2. The third-order valence-corrected chi connectivity index (χ3v) is 2.10. The van der Waals surface area contributed by atoms with Crippen LogP contribution in [0.15, 0.2) is 0 Å². The van der Waals surface area contributed by atoms with Crippen LogP contribution < -0.4 is 0 Å². The van der Waals surface area contributed by atoms with Gasteiger partial charge in [0, 0.05) is 11.9 Å². The molecule has 0 heterocycles. The van der Waals surface area contributed by atoms with Gasteiger partial charge in [0.2, 0.25) is 0 Å². The van der Waals surface area contributed by atoms with Crippen LogP contribution in [-0.2, 0) is 0 Å². The molecular formula is C8H18OS. The summed E-state index contributed by atoms with van der Waals surface area (Å²) in [6, 6.07) is 0. The van der Waals surface area contributed by atoms with E-state index < -0.39 is 0 Å². The van der Waals surface area contributed by atoms with Crippen molar-refractivity contribution in [2.24, 2.45) is 0 Å². The van der Waals surface area contributed by atoms with E-state index in [0.717, 1.165) is 12.8 Å². The van der Waals surface area contributed by atoms with E-state index in [-0.39, 0.29) is 0 Å². The molecule has 2 heteroatoms. The monoisotopic (exact) mass is 162 g/mol. The van der Waals surface area contributed by atoms with Crippen molar-refractivity contribution in [3.8, 4) is 0 Å². The molecule has 62 valence electrons. The van der Waals surface area contributed by atoms with E-state index in [4.69, 9.17) is 5.11 Å². The zero-order chi connectivity index (χ0) is 7.82. The van der Waals surface area contributed by atoms with E-state index in [9.17, 15) is 0 Å². The Labute approximate surface area is 69.2 Å². The minimum Gasteiger partial charge on any atom is -0.396 e. The first kappa shape index (κ1) is 10.3. The molecule has 1 atom stereocenters. The van der Waals surface area contributed by atoms with Gasteiger partial charge in [0.1, 0.15) is 0 Å². The summed E-state index contributed by atoms with van der Waals surface area (Å²) in [7, 11) is 0. The van der Waals surface area contributed by atoms with Gasteiger partial charge in [-0.3, -0.25) is 0 Å². The van der Waals surface area contributed by atoms with Crippen molar-refractivity contribution in [3.05, 3.63) is 0 Å². The fourth-order valence-corrected chi connectivity index (χ4v) is 1.28. The van der Waals surface area contributed by atoms with Gasteiger partial charge in [-0.2, -0.15) is 12.6 Å². The van der Waals surface area contributed by atoms with Gasteiger partial charge in [0.05, 0.1) is 0 Å². The number of thiol groups is 1. The van der Waals surface area contributed by atoms with Gasteiger partial charge in [-0.1, -0.05) is 19.8 Å². The Morgan fingerprint density at radius 2 is 1.90 bits per heavy atom. The van der Waals surface area contributed by atoms with Crippen molar-refractivity contribution >= 4 is 12.6 Å². The summed E-state index contributed by atoms with van der Waals surface area (Å²) in [5.41, 5.74) is 0. The highest BCUT2D eigenvalue weighted by molar-refractivity contribution is 7.80. The first-order chi connectivity index (χ1) is 4.81. The van der Waals surface area contributed by atoms with Crippen molar-refractivity contribution < 1.29 is 5.11 Å². The zero-order valence-electron chi connectivity index (χ0n) is 6.71. The van der Waals surface area contributed by atoms with Crippen molar-refractivity contribution in [2.45, 2.75) is 44.3 Å². The zero-order valence-corrected chi connectivity index (χ0v) is 7.61. The minimum absolute atomic E-state index is 0.309. The van der Waals surface area contributed by atoms with Gasteiger partial charge in [0.15, 0.2) is 0 Å². The third kappa shape index (κ3) is 6.43. The maximum absolute atomic E-state index is 8.51. The van der Waals surface area contributed by atoms with Gasteiger partial charge in [-0.15, -0.1) is 0 Å². The second-order valence-electron chi connectivity index (χ2n) is 2.66. The Kier molecular flexibility index (Phi) is 7.65. The van der Waals surface area contributed by atoms with Crippen LogP contribution in [0, 0.1) is 0 Å². The van der Waals surface area contributed by atoms with Crippen LogP contribution in [-0.4, -0.2) is 17.0 Å². The molecule has 0 aliphatic rings. The molecule has 0 amide bonds. The van der Waals surface area contributed by atoms with E-state index in [1.807, 2.05) is 0 Å². The van der Waals surface area contributed by atoms with Gasteiger partial charge in [-0.05, 0) is 19.3 Å². The Bertz CT molecular complexity index is 58.3. The van der Waals surface area contributed by atoms with Crippen LogP contribution in [0.1, 0.15) is 39.0 Å². The first-order valence-corrected chi connectivity index (χ1v) is 4.61. The SMILES string of the molecule is CCCCC(S)CCCO. The molecule has 10 heavy (non-hydrogen) atoms. The van der Waals surface area contributed by atoms with Gasteiger partial charge >= 0.3 is 0 Å². The predicted molar refractivity (Wildman–Crippen MR) is 48.6 cm³/mol. The molecule has 0 radical (unpaired) electrons. The summed E-state index contributed by atoms with van der Waals surface area (Å²) in [5.74, 6) is 0. The van der Waals surface area contributed by atoms with Gasteiger partial charge in [0.25, 0.3) is 0 Å². The Morgan fingerprint density at radius 3 is 2.40 bits per heavy atom. The predicted octanol–water partition coefficient (Wildman–Crippen LogP) is 2.25. The molecule has 0 aromatic heterocycles. The molecule has 1 unspecified atom stereocenters. The normalized spacial score (nSPS) is 13.5. The van der Waals surface area contributed by atoms with E-state index in [1.54, 1.807) is 0 Å². The second kappa shape index (κ2) is 7.42. The van der Waals surface area contributed by atoms with Crippen LogP contribution >= 0.6 is 12.6 Å². The summed E-state index contributed by atoms with van der Waals surface area (Å²) in [6.07, 6.45) is 5.66. The van der Waals surface area contributed by atoms with E-state index in [1.165, 1.54) is 19.3 Å². The number of aliphatic hydroxyl groups is 1. The summed E-state index contributed by atoms with van der Waals surface area (Å²) >= 11 is 4.39. The average Bonchev–Trinajstić information content (AvgIpc) is 1.97. The highest BCUT2D eigenvalue weighted by Crippen LogP contribution is 2.12. The maximum Gasteiger partial charge on any atom is 0.0431 e. The Balaban J connectivity index is 3.00. The topological polar surface area (TPSA) is 20.2 Å². The van der Waals surface area contributed by atoms with E-state index >= 15 is 0 Å². The molecule has 0 aliphatic heterocycles. The molecule has 0 saturated heterocycles. The molecule has 0 rings (SSSR count). The molecule has 0 aliphatic carbocycles. The Morgan fingerprint density at radius 1 is 1.30 bits per heavy atom. The van der Waals surface area contributed by atoms with E-state index in [2.05, 4.69) is 19.6 Å². The van der Waals surface area contributed by atoms with Crippen molar-refractivity contribution in [2.75, 3.05) is 6.61 Å². The minimum atomic E-state index is 0.309. The molecule has 0 fully saturated rings. The van der Waals surface area contributed by atoms with Crippen LogP contribution in [0.5, 0.6) is 0 Å². The lowest BCUT2D eigenvalue weighted by Gasteiger charge is -2.07. The molecule has 0 aromatic rings. The van der Waals surface area contributed by atoms with Crippen LogP contribution in [0.4, 0.5) is 0 Å². The molecule has 0 saturated carbocycles. The number of aliphatic hydroxyl groups excluding tert-OH is 1. The molecule has 0 bridgehead atoms. The lowest BCUT2D eigenvalue weighted by atomic mass is 10.1. The molecular weight excluding hydrogens is 144 g/mol. The van der Waals surface area contributed by atoms with Gasteiger partial charge < -0.3 is 5.11 Å². The summed E-state index contributed by atoms with van der Waals surface area (Å²) in [4.78, 5) is 0. The fraction of sp³-hybridized carbons (Fsp3) is 1.00. The quantitative estimate of drug-likeness (QED) is 0.574. The molecule has 0 aromatic carbocycles. The van der Waals surface area contributed by atoms with Crippen molar-refractivity contribution in [1.29, 1.82) is 0 Å². The summed E-state index contributed by atoms with van der Waals surface area (Å²) < 4.78 is 0. The van der Waals surface area contributed by atoms with Crippen LogP contribution in [0.3, 0.4) is 0 Å². The van der Waals surface area contributed by atoms with Crippen LogP contribution in [0.25, 0.3) is 0 Å². The smallest absolute Gasteiger partial charge is 0.0431 e. The molecule has 1 N–H and O–H groups in total. The second-order valence-corrected chi connectivity index (χ2v) is 3.39. The maximum atomic E-state index is 8.51. The van der Waals surface area contributed by atoms with Gasteiger partial charge in [-0.25, -0.2) is 0 Å². The number of unbranched alkanes of at least 4 members (excludes halogenated alkanes) is 1. The lowest BCUT2D eigenvalue weighted by molar-refractivity contribution is 0.283. The summed E-state index contributed by atoms with van der Waals surface area (Å²) in [6.45, 7) is 2.50. The van der Waals surface area contributed by atoms with Crippen LogP contribution in [0.2, 0.25) is 0 Å². The van der Waals surface area contributed by atoms with Crippen molar-refractivity contribution in [1.82, 2.24) is 0 Å². The van der Waals surface area contributed by atoms with Crippen molar-refractivity contribution in [3.63, 3.8) is 0 Å². The standard InChI is InChI=1S/C8H18OS/c1-2-3-5-8(10)6-4-7-9/h8-10H,2-7H2,1H3. The first-order valence-electron chi connectivity index (χ1n) is 4.10. The van der Waals surface area contributed by atoms with E-state index in [0.29, 0.717) is 11.9 Å². The highest BCUT2D eigenvalue weighted by Gasteiger charge is 2.00. The average molecular weight is 162 g/mol. The largest absolute Gasteiger partial charge is 0.396 e. The fourth-order valence-electron chi connectivity index (χ4n) is 0.911. The summed E-state index contributed by atoms with van der Waals surface area (Å²) in [5, 5.41) is 9.01. The highest BCUT2D eigenvalue weighted by atomic mass is 32.1. The number of rotatable bonds is 6. The molecule has 1 nitrogen and oxygen atoms in total. The number of hydrogen-bond acceptors (Lipinski definition) is 2. The molecule has 0 spiro atoms.